The second kappa shape index (κ2) is 3.62. The summed E-state index contributed by atoms with van der Waals surface area (Å²) in [6.07, 6.45) is 3.24. The van der Waals surface area contributed by atoms with Gasteiger partial charge in [-0.1, -0.05) is 11.8 Å². The molecule has 0 fully saturated rings. The Labute approximate surface area is 75.1 Å². The molecule has 1 aromatic rings. The number of thioether (sulfide) groups is 1. The lowest BCUT2D eigenvalue weighted by Crippen LogP contribution is -2.08. The van der Waals surface area contributed by atoms with Crippen LogP contribution < -0.4 is 5.73 Å². The maximum absolute atomic E-state index is 11.3. The van der Waals surface area contributed by atoms with Crippen molar-refractivity contribution in [3.63, 3.8) is 0 Å². The zero-order valence-electron chi connectivity index (χ0n) is 7.07. The third-order valence-electron chi connectivity index (χ3n) is 1.55. The van der Waals surface area contributed by atoms with Gasteiger partial charge in [0.25, 0.3) is 0 Å². The number of carbonyl (C=O) groups excluding carboxylic acids is 1. The second-order valence-corrected chi connectivity index (χ2v) is 3.03. The van der Waals surface area contributed by atoms with Crippen molar-refractivity contribution < 1.29 is 4.79 Å². The van der Waals surface area contributed by atoms with Gasteiger partial charge in [-0.25, -0.2) is 0 Å². The Morgan fingerprint density at radius 2 is 2.50 bits per heavy atom. The minimum absolute atomic E-state index is 0.0353. The molecule has 0 spiro atoms. The van der Waals surface area contributed by atoms with Crippen LogP contribution in [0.3, 0.4) is 0 Å². The number of nitrogens with two attached hydrogens (primary N) is 1. The molecule has 1 heterocycles. The highest BCUT2D eigenvalue weighted by Gasteiger charge is 2.14. The number of nitrogen functional groups attached to an aromatic ring is 1. The molecular formula is C7H11N3OS. The summed E-state index contributed by atoms with van der Waals surface area (Å²) < 4.78 is 1.61. The van der Waals surface area contributed by atoms with Crippen LogP contribution in [0.25, 0.3) is 0 Å². The SMILES string of the molecule is CCn1ncc(N)c1C(=O)SC. The molecule has 12 heavy (non-hydrogen) atoms. The summed E-state index contributed by atoms with van der Waals surface area (Å²) in [5.74, 6) is 0. The smallest absolute Gasteiger partial charge is 0.239 e. The van der Waals surface area contributed by atoms with Crippen LogP contribution in [0.4, 0.5) is 5.69 Å². The fourth-order valence-corrected chi connectivity index (χ4v) is 1.38. The fourth-order valence-electron chi connectivity index (χ4n) is 0.959. The molecule has 0 radical (unpaired) electrons. The lowest BCUT2D eigenvalue weighted by Gasteiger charge is -2.01. The van der Waals surface area contributed by atoms with Gasteiger partial charge in [0.15, 0.2) is 0 Å². The predicted molar refractivity (Wildman–Crippen MR) is 50.2 cm³/mol. The largest absolute Gasteiger partial charge is 0.396 e. The van der Waals surface area contributed by atoms with E-state index in [1.165, 1.54) is 6.20 Å². The summed E-state index contributed by atoms with van der Waals surface area (Å²) in [7, 11) is 0. The zero-order chi connectivity index (χ0) is 9.14. The normalized spacial score (nSPS) is 10.2. The van der Waals surface area contributed by atoms with Gasteiger partial charge in [-0.2, -0.15) is 5.10 Å². The monoisotopic (exact) mass is 185 g/mol. The molecule has 0 amide bonds. The number of nitrogens with zero attached hydrogens (tertiary/aromatic N) is 2. The lowest BCUT2D eigenvalue weighted by atomic mass is 10.4. The third kappa shape index (κ3) is 1.45. The molecule has 1 aromatic heterocycles. The molecule has 66 valence electrons. The first-order valence-electron chi connectivity index (χ1n) is 3.60. The van der Waals surface area contributed by atoms with E-state index in [0.717, 1.165) is 11.8 Å². The lowest BCUT2D eigenvalue weighted by molar-refractivity contribution is 0.108. The van der Waals surface area contributed by atoms with Crippen molar-refractivity contribution >= 4 is 22.6 Å². The van der Waals surface area contributed by atoms with Gasteiger partial charge in [0, 0.05) is 6.54 Å². The van der Waals surface area contributed by atoms with Gasteiger partial charge >= 0.3 is 0 Å². The van der Waals surface area contributed by atoms with Crippen molar-refractivity contribution in [1.29, 1.82) is 0 Å². The Balaban J connectivity index is 3.10. The van der Waals surface area contributed by atoms with Gasteiger partial charge in [0.2, 0.25) is 5.12 Å². The van der Waals surface area contributed by atoms with E-state index in [2.05, 4.69) is 5.10 Å². The van der Waals surface area contributed by atoms with Crippen molar-refractivity contribution in [2.75, 3.05) is 12.0 Å². The van der Waals surface area contributed by atoms with Crippen LogP contribution in [-0.2, 0) is 6.54 Å². The quantitative estimate of drug-likeness (QED) is 0.746. The Morgan fingerprint density at radius 3 is 3.00 bits per heavy atom. The van der Waals surface area contributed by atoms with Crippen LogP contribution in [0.1, 0.15) is 17.4 Å². The summed E-state index contributed by atoms with van der Waals surface area (Å²) in [5, 5.41) is 3.93. The van der Waals surface area contributed by atoms with Crippen LogP contribution in [0.15, 0.2) is 6.20 Å². The molecule has 0 saturated carbocycles. The number of rotatable bonds is 2. The number of carbonyl (C=O) groups is 1. The number of hydrogen-bond donors (Lipinski definition) is 1. The highest BCUT2D eigenvalue weighted by atomic mass is 32.2. The molecule has 0 aromatic carbocycles. The van der Waals surface area contributed by atoms with E-state index >= 15 is 0 Å². The molecule has 0 saturated heterocycles. The fraction of sp³-hybridized carbons (Fsp3) is 0.429. The van der Waals surface area contributed by atoms with E-state index < -0.39 is 0 Å². The Hall–Kier alpha value is -0.970. The third-order valence-corrected chi connectivity index (χ3v) is 2.11. The summed E-state index contributed by atoms with van der Waals surface area (Å²) in [5.41, 5.74) is 6.54. The molecule has 1 rings (SSSR count). The van der Waals surface area contributed by atoms with E-state index in [-0.39, 0.29) is 5.12 Å². The molecule has 0 aliphatic heterocycles. The summed E-state index contributed by atoms with van der Waals surface area (Å²) in [6, 6.07) is 0. The van der Waals surface area contributed by atoms with Crippen LogP contribution in [0.2, 0.25) is 0 Å². The standard InChI is InChI=1S/C7H11N3OS/c1-3-10-6(7(11)12-2)5(8)4-9-10/h4H,3,8H2,1-2H3. The number of aromatic nitrogens is 2. The van der Waals surface area contributed by atoms with Gasteiger partial charge in [-0.15, -0.1) is 0 Å². The van der Waals surface area contributed by atoms with E-state index in [0.29, 0.717) is 17.9 Å². The Bertz CT molecular complexity index is 295. The second-order valence-electron chi connectivity index (χ2n) is 2.26. The van der Waals surface area contributed by atoms with Gasteiger partial charge in [0.05, 0.1) is 11.9 Å². The average molecular weight is 185 g/mol. The van der Waals surface area contributed by atoms with Crippen molar-refractivity contribution in [2.24, 2.45) is 0 Å². The number of anilines is 1. The molecule has 5 heteroatoms. The van der Waals surface area contributed by atoms with E-state index in [1.807, 2.05) is 6.92 Å². The summed E-state index contributed by atoms with van der Waals surface area (Å²) >= 11 is 1.15. The zero-order valence-corrected chi connectivity index (χ0v) is 7.89. The maximum atomic E-state index is 11.3. The van der Waals surface area contributed by atoms with Crippen molar-refractivity contribution in [3.05, 3.63) is 11.9 Å². The van der Waals surface area contributed by atoms with Crippen LogP contribution in [0.5, 0.6) is 0 Å². The Morgan fingerprint density at radius 1 is 1.83 bits per heavy atom. The molecule has 0 bridgehead atoms. The summed E-state index contributed by atoms with van der Waals surface area (Å²) in [4.78, 5) is 11.3. The first-order valence-corrected chi connectivity index (χ1v) is 4.82. The van der Waals surface area contributed by atoms with Crippen molar-refractivity contribution in [1.82, 2.24) is 9.78 Å². The molecular weight excluding hydrogens is 174 g/mol. The van der Waals surface area contributed by atoms with E-state index in [9.17, 15) is 4.79 Å². The van der Waals surface area contributed by atoms with Gasteiger partial charge in [-0.05, 0) is 13.2 Å². The van der Waals surface area contributed by atoms with Gasteiger partial charge < -0.3 is 5.73 Å². The maximum Gasteiger partial charge on any atom is 0.239 e. The van der Waals surface area contributed by atoms with Crippen molar-refractivity contribution in [3.8, 4) is 0 Å². The molecule has 0 aliphatic carbocycles. The van der Waals surface area contributed by atoms with E-state index in [4.69, 9.17) is 5.73 Å². The van der Waals surface area contributed by atoms with Crippen LogP contribution in [0, 0.1) is 0 Å². The highest BCUT2D eigenvalue weighted by Crippen LogP contribution is 2.16. The number of aryl methyl sites for hydroxylation is 1. The van der Waals surface area contributed by atoms with Gasteiger partial charge in [-0.3, -0.25) is 9.48 Å². The average Bonchev–Trinajstić information content (AvgIpc) is 2.45. The number of hydrogen-bond acceptors (Lipinski definition) is 4. The van der Waals surface area contributed by atoms with Crippen LogP contribution >= 0.6 is 11.8 Å². The summed E-state index contributed by atoms with van der Waals surface area (Å²) in [6.45, 7) is 2.59. The molecule has 0 unspecified atom stereocenters. The molecule has 2 N–H and O–H groups in total. The Kier molecular flexibility index (Phi) is 2.75. The minimum Gasteiger partial charge on any atom is -0.396 e. The van der Waals surface area contributed by atoms with Crippen molar-refractivity contribution in [2.45, 2.75) is 13.5 Å². The predicted octanol–water partition coefficient (Wildman–Crippen LogP) is 0.988. The molecule has 4 nitrogen and oxygen atoms in total. The minimum atomic E-state index is -0.0353. The highest BCUT2D eigenvalue weighted by molar-refractivity contribution is 8.13. The molecule has 0 atom stereocenters. The van der Waals surface area contributed by atoms with Gasteiger partial charge in [0.1, 0.15) is 5.69 Å². The van der Waals surface area contributed by atoms with Crippen LogP contribution in [-0.4, -0.2) is 21.2 Å². The van der Waals surface area contributed by atoms with E-state index in [1.54, 1.807) is 10.9 Å². The first-order chi connectivity index (χ1) is 5.70. The molecule has 0 aliphatic rings. The first kappa shape index (κ1) is 9.12. The topological polar surface area (TPSA) is 60.9 Å².